The Morgan fingerprint density at radius 3 is 2.80 bits per heavy atom. The molecule has 2 aliphatic rings. The van der Waals surface area contributed by atoms with Gasteiger partial charge in [0.25, 0.3) is 11.8 Å². The molecule has 0 unspecified atom stereocenters. The van der Waals surface area contributed by atoms with E-state index in [-0.39, 0.29) is 36.3 Å². The molecule has 1 saturated carbocycles. The number of aromatic nitrogens is 1. The molecule has 1 aromatic carbocycles. The van der Waals surface area contributed by atoms with Crippen LogP contribution in [0.5, 0.6) is 0 Å². The van der Waals surface area contributed by atoms with Gasteiger partial charge in [-0.1, -0.05) is 11.6 Å². The minimum absolute atomic E-state index is 0.0819. The van der Waals surface area contributed by atoms with Crippen LogP contribution in [0.2, 0.25) is 5.02 Å². The van der Waals surface area contributed by atoms with E-state index in [1.54, 1.807) is 43.5 Å². The number of halogens is 1. The zero-order valence-electron chi connectivity index (χ0n) is 16.4. The highest BCUT2D eigenvalue weighted by Crippen LogP contribution is 2.30. The molecule has 2 atom stereocenters. The van der Waals surface area contributed by atoms with Crippen molar-refractivity contribution in [3.8, 4) is 0 Å². The Morgan fingerprint density at radius 2 is 2.07 bits per heavy atom. The Hall–Kier alpha value is -3.06. The van der Waals surface area contributed by atoms with Crippen LogP contribution >= 0.6 is 11.6 Å². The normalized spacial score (nSPS) is 19.6. The number of carbonyl (C=O) groups excluding carboxylic acids is 4. The number of hydrogen-bond acceptors (Lipinski definition) is 5. The lowest BCUT2D eigenvalue weighted by Gasteiger charge is -2.29. The molecule has 8 heteroatoms. The molecule has 154 valence electrons. The van der Waals surface area contributed by atoms with Gasteiger partial charge in [-0.25, -0.2) is 0 Å². The average Bonchev–Trinajstić information content (AvgIpc) is 3.04. The number of fused-ring (bicyclic) bond motifs is 1. The lowest BCUT2D eigenvalue weighted by Crippen LogP contribution is -2.44. The molecule has 1 N–H and O–H groups in total. The molecule has 2 heterocycles. The summed E-state index contributed by atoms with van der Waals surface area (Å²) in [6, 6.07) is 7.34. The van der Waals surface area contributed by atoms with Crippen LogP contribution in [0.15, 0.2) is 36.5 Å². The van der Waals surface area contributed by atoms with E-state index in [4.69, 9.17) is 11.6 Å². The van der Waals surface area contributed by atoms with Crippen LogP contribution in [0.4, 0.5) is 0 Å². The van der Waals surface area contributed by atoms with Crippen molar-refractivity contribution >= 4 is 35.0 Å². The van der Waals surface area contributed by atoms with Gasteiger partial charge in [0.05, 0.1) is 29.2 Å². The summed E-state index contributed by atoms with van der Waals surface area (Å²) < 4.78 is 0. The summed E-state index contributed by atoms with van der Waals surface area (Å²) in [4.78, 5) is 54.9. The number of carbonyl (C=O) groups is 4. The SMILES string of the molecule is C[C@H](NC(=O)c1ccc2c(c1)CN([C@H]1CCC(=O)CC1=O)C2=O)c1ncccc1Cl. The molecule has 30 heavy (non-hydrogen) atoms. The van der Waals surface area contributed by atoms with E-state index in [0.717, 1.165) is 0 Å². The zero-order valence-corrected chi connectivity index (χ0v) is 17.1. The molecule has 1 aliphatic carbocycles. The number of benzene rings is 1. The van der Waals surface area contributed by atoms with Crippen LogP contribution in [-0.4, -0.2) is 39.3 Å². The number of nitrogens with zero attached hydrogens (tertiary/aromatic N) is 2. The van der Waals surface area contributed by atoms with Gasteiger partial charge in [-0.2, -0.15) is 0 Å². The first kappa shape index (κ1) is 20.2. The molecule has 4 rings (SSSR count). The average molecular weight is 426 g/mol. The number of Topliss-reactive ketones (excluding diaryl/α,β-unsaturated/α-hetero) is 2. The van der Waals surface area contributed by atoms with Gasteiger partial charge in [0.1, 0.15) is 5.78 Å². The van der Waals surface area contributed by atoms with Gasteiger partial charge < -0.3 is 10.2 Å². The monoisotopic (exact) mass is 425 g/mol. The number of nitrogens with one attached hydrogen (secondary N) is 1. The minimum Gasteiger partial charge on any atom is -0.344 e. The Bertz CT molecular complexity index is 1070. The van der Waals surface area contributed by atoms with E-state index in [1.807, 2.05) is 0 Å². The van der Waals surface area contributed by atoms with Gasteiger partial charge in [0, 0.05) is 30.3 Å². The number of pyridine rings is 1. The standard InChI is InChI=1S/C22H20ClN3O4/c1-12(20-17(23)3-2-8-24-20)25-21(29)13-4-6-16-14(9-13)11-26(22(16)30)18-7-5-15(27)10-19(18)28/h2-4,6,8-9,12,18H,5,7,10-11H2,1H3,(H,25,29)/t12-,18-/m0/s1. The summed E-state index contributed by atoms with van der Waals surface area (Å²) in [5.41, 5.74) is 2.16. The second kappa shape index (κ2) is 7.99. The molecule has 2 aromatic rings. The summed E-state index contributed by atoms with van der Waals surface area (Å²) in [6.07, 6.45) is 2.15. The van der Waals surface area contributed by atoms with Crippen LogP contribution in [0, 0.1) is 0 Å². The Morgan fingerprint density at radius 1 is 1.27 bits per heavy atom. The van der Waals surface area contributed by atoms with Gasteiger partial charge in [0.2, 0.25) is 0 Å². The highest BCUT2D eigenvalue weighted by Gasteiger charge is 2.39. The van der Waals surface area contributed by atoms with E-state index in [9.17, 15) is 19.2 Å². The fourth-order valence-corrected chi connectivity index (χ4v) is 4.28. The molecule has 1 aromatic heterocycles. The number of rotatable bonds is 4. The molecular weight excluding hydrogens is 406 g/mol. The summed E-state index contributed by atoms with van der Waals surface area (Å²) >= 11 is 6.15. The van der Waals surface area contributed by atoms with Gasteiger partial charge >= 0.3 is 0 Å². The third kappa shape index (κ3) is 3.73. The molecule has 7 nitrogen and oxygen atoms in total. The molecule has 0 spiro atoms. The quantitative estimate of drug-likeness (QED) is 0.760. The molecule has 1 fully saturated rings. The van der Waals surface area contributed by atoms with Crippen molar-refractivity contribution in [3.05, 3.63) is 63.9 Å². The van der Waals surface area contributed by atoms with Crippen LogP contribution in [-0.2, 0) is 16.1 Å². The van der Waals surface area contributed by atoms with Crippen LogP contribution < -0.4 is 5.32 Å². The lowest BCUT2D eigenvalue weighted by molar-refractivity contribution is -0.133. The molecule has 0 bridgehead atoms. The topological polar surface area (TPSA) is 96.4 Å². The second-order valence-corrected chi connectivity index (χ2v) is 8.01. The Kier molecular flexibility index (Phi) is 5.39. The van der Waals surface area contributed by atoms with Gasteiger partial charge in [-0.15, -0.1) is 0 Å². The maximum Gasteiger partial charge on any atom is 0.255 e. The summed E-state index contributed by atoms with van der Waals surface area (Å²) in [7, 11) is 0. The van der Waals surface area contributed by atoms with Gasteiger partial charge in [0.15, 0.2) is 5.78 Å². The first-order valence-electron chi connectivity index (χ1n) is 9.74. The Balaban J connectivity index is 1.50. The minimum atomic E-state index is -0.578. The maximum absolute atomic E-state index is 12.8. The second-order valence-electron chi connectivity index (χ2n) is 7.61. The third-order valence-corrected chi connectivity index (χ3v) is 5.88. The fourth-order valence-electron chi connectivity index (χ4n) is 3.99. The predicted molar refractivity (Wildman–Crippen MR) is 109 cm³/mol. The van der Waals surface area contributed by atoms with Crippen LogP contribution in [0.1, 0.15) is 64.2 Å². The van der Waals surface area contributed by atoms with Gasteiger partial charge in [-0.3, -0.25) is 24.2 Å². The Labute approximate surface area is 178 Å². The third-order valence-electron chi connectivity index (χ3n) is 5.56. The first-order chi connectivity index (χ1) is 14.3. The lowest BCUT2D eigenvalue weighted by atomic mass is 9.92. The summed E-state index contributed by atoms with van der Waals surface area (Å²) in [5.74, 6) is -0.844. The van der Waals surface area contributed by atoms with Crippen LogP contribution in [0.25, 0.3) is 0 Å². The van der Waals surface area contributed by atoms with E-state index in [2.05, 4.69) is 10.3 Å². The van der Waals surface area contributed by atoms with E-state index in [1.165, 1.54) is 4.90 Å². The van der Waals surface area contributed by atoms with Crippen molar-refractivity contribution in [2.24, 2.45) is 0 Å². The number of amides is 2. The van der Waals surface area contributed by atoms with Crippen molar-refractivity contribution in [1.82, 2.24) is 15.2 Å². The van der Waals surface area contributed by atoms with Gasteiger partial charge in [-0.05, 0) is 49.2 Å². The fraction of sp³-hybridized carbons (Fsp3) is 0.318. The van der Waals surface area contributed by atoms with Crippen LogP contribution in [0.3, 0.4) is 0 Å². The molecule has 2 amide bonds. The predicted octanol–water partition coefficient (Wildman–Crippen LogP) is 2.87. The summed E-state index contributed by atoms with van der Waals surface area (Å²) in [5, 5.41) is 3.33. The van der Waals surface area contributed by atoms with E-state index >= 15 is 0 Å². The molecule has 0 saturated heterocycles. The van der Waals surface area contributed by atoms with Crippen molar-refractivity contribution < 1.29 is 19.2 Å². The smallest absolute Gasteiger partial charge is 0.255 e. The number of hydrogen-bond donors (Lipinski definition) is 1. The largest absolute Gasteiger partial charge is 0.344 e. The van der Waals surface area contributed by atoms with Crippen molar-refractivity contribution in [2.45, 2.75) is 44.8 Å². The number of ketones is 2. The summed E-state index contributed by atoms with van der Waals surface area (Å²) in [6.45, 7) is 2.04. The van der Waals surface area contributed by atoms with Crippen molar-refractivity contribution in [2.75, 3.05) is 0 Å². The van der Waals surface area contributed by atoms with E-state index in [0.29, 0.717) is 40.2 Å². The molecule has 1 aliphatic heterocycles. The highest BCUT2D eigenvalue weighted by atomic mass is 35.5. The van der Waals surface area contributed by atoms with Crippen molar-refractivity contribution in [1.29, 1.82) is 0 Å². The van der Waals surface area contributed by atoms with Crippen molar-refractivity contribution in [3.63, 3.8) is 0 Å². The zero-order chi connectivity index (χ0) is 21.4. The highest BCUT2D eigenvalue weighted by molar-refractivity contribution is 6.31. The first-order valence-corrected chi connectivity index (χ1v) is 10.1. The maximum atomic E-state index is 12.8. The molecular formula is C22H20ClN3O4. The van der Waals surface area contributed by atoms with E-state index < -0.39 is 12.1 Å². The molecule has 0 radical (unpaired) electrons.